The standard InChI is InChI=1S/C13H24N8O/c1-10(12(22)20-7-5-16-6-8-20)21-9-11(18-19-21)3-2-4-17-13(14)15/h9-10,16H,2-8H2,1H3,(H4,14,15,17)/t10-/m0/s1. The fraction of sp³-hybridized carbons (Fsp3) is 0.692. The number of aryl methyl sites for hydroxylation is 1. The number of amides is 1. The van der Waals surface area contributed by atoms with Crippen molar-refractivity contribution >= 4 is 11.9 Å². The third kappa shape index (κ3) is 4.42. The van der Waals surface area contributed by atoms with E-state index in [9.17, 15) is 4.79 Å². The van der Waals surface area contributed by atoms with Gasteiger partial charge >= 0.3 is 0 Å². The molecule has 0 spiro atoms. The molecular weight excluding hydrogens is 284 g/mol. The van der Waals surface area contributed by atoms with E-state index in [1.807, 2.05) is 18.0 Å². The molecule has 1 fully saturated rings. The Morgan fingerprint density at radius 2 is 2.18 bits per heavy atom. The van der Waals surface area contributed by atoms with Gasteiger partial charge in [0.2, 0.25) is 5.91 Å². The summed E-state index contributed by atoms with van der Waals surface area (Å²) in [4.78, 5) is 18.2. The Labute approximate surface area is 129 Å². The van der Waals surface area contributed by atoms with Gasteiger partial charge in [0.25, 0.3) is 0 Å². The highest BCUT2D eigenvalue weighted by molar-refractivity contribution is 5.80. The Morgan fingerprint density at radius 1 is 1.45 bits per heavy atom. The summed E-state index contributed by atoms with van der Waals surface area (Å²) in [6, 6.07) is -0.336. The molecule has 1 aliphatic rings. The Balaban J connectivity index is 1.86. The lowest BCUT2D eigenvalue weighted by Crippen LogP contribution is -2.48. The number of carbonyl (C=O) groups excluding carboxylic acids is 1. The molecule has 0 unspecified atom stereocenters. The van der Waals surface area contributed by atoms with Crippen LogP contribution in [0.2, 0.25) is 0 Å². The number of nitrogens with two attached hydrogens (primary N) is 2. The minimum atomic E-state index is -0.336. The summed E-state index contributed by atoms with van der Waals surface area (Å²) in [6.45, 7) is 5.57. The summed E-state index contributed by atoms with van der Waals surface area (Å²) in [5.41, 5.74) is 11.4. The van der Waals surface area contributed by atoms with E-state index in [0.29, 0.717) is 6.54 Å². The molecule has 0 radical (unpaired) electrons. The van der Waals surface area contributed by atoms with Crippen LogP contribution >= 0.6 is 0 Å². The lowest BCUT2D eigenvalue weighted by atomic mass is 10.2. The topological polar surface area (TPSA) is 127 Å². The number of hydrogen-bond donors (Lipinski definition) is 3. The van der Waals surface area contributed by atoms with Crippen molar-refractivity contribution in [1.29, 1.82) is 0 Å². The van der Waals surface area contributed by atoms with Gasteiger partial charge in [-0.2, -0.15) is 0 Å². The average molecular weight is 308 g/mol. The maximum absolute atomic E-state index is 12.4. The van der Waals surface area contributed by atoms with E-state index in [1.54, 1.807) is 4.68 Å². The molecule has 0 bridgehead atoms. The van der Waals surface area contributed by atoms with Gasteiger partial charge in [-0.25, -0.2) is 4.68 Å². The molecule has 1 aromatic rings. The van der Waals surface area contributed by atoms with Crippen molar-refractivity contribution in [2.45, 2.75) is 25.8 Å². The first-order chi connectivity index (χ1) is 10.6. The van der Waals surface area contributed by atoms with E-state index in [2.05, 4.69) is 20.6 Å². The molecule has 1 aliphatic heterocycles. The lowest BCUT2D eigenvalue weighted by Gasteiger charge is -2.29. The van der Waals surface area contributed by atoms with Crippen LogP contribution in [0.25, 0.3) is 0 Å². The smallest absolute Gasteiger partial charge is 0.247 e. The van der Waals surface area contributed by atoms with E-state index in [1.165, 1.54) is 0 Å². The third-order valence-corrected chi connectivity index (χ3v) is 3.63. The molecule has 22 heavy (non-hydrogen) atoms. The number of aromatic nitrogens is 3. The van der Waals surface area contributed by atoms with Gasteiger partial charge in [-0.15, -0.1) is 5.10 Å². The SMILES string of the molecule is C[C@@H](C(=O)N1CCNCC1)n1cc(CCCN=C(N)N)nn1. The van der Waals surface area contributed by atoms with E-state index >= 15 is 0 Å². The molecule has 5 N–H and O–H groups in total. The molecule has 1 aromatic heterocycles. The zero-order chi connectivity index (χ0) is 15.9. The first-order valence-electron chi connectivity index (χ1n) is 7.53. The van der Waals surface area contributed by atoms with Crippen molar-refractivity contribution < 1.29 is 4.79 Å². The quantitative estimate of drug-likeness (QED) is 0.332. The fourth-order valence-electron chi connectivity index (χ4n) is 2.35. The summed E-state index contributed by atoms with van der Waals surface area (Å²) in [6.07, 6.45) is 3.34. The number of nitrogens with one attached hydrogen (secondary N) is 1. The predicted molar refractivity (Wildman–Crippen MR) is 83.2 cm³/mol. The second-order valence-corrected chi connectivity index (χ2v) is 5.35. The van der Waals surface area contributed by atoms with Crippen LogP contribution in [0.1, 0.15) is 25.1 Å². The number of rotatable bonds is 6. The molecule has 2 rings (SSSR count). The number of aliphatic imine (C=N–C) groups is 1. The molecule has 122 valence electrons. The summed E-state index contributed by atoms with van der Waals surface area (Å²) in [5.74, 6) is 0.178. The summed E-state index contributed by atoms with van der Waals surface area (Å²) in [5, 5.41) is 11.4. The lowest BCUT2D eigenvalue weighted by molar-refractivity contribution is -0.135. The Morgan fingerprint density at radius 3 is 2.86 bits per heavy atom. The molecule has 0 saturated carbocycles. The van der Waals surface area contributed by atoms with Gasteiger partial charge < -0.3 is 21.7 Å². The summed E-state index contributed by atoms with van der Waals surface area (Å²) >= 11 is 0. The number of guanidine groups is 1. The fourth-order valence-corrected chi connectivity index (χ4v) is 2.35. The van der Waals surface area contributed by atoms with Crippen molar-refractivity contribution in [1.82, 2.24) is 25.2 Å². The van der Waals surface area contributed by atoms with E-state index in [0.717, 1.165) is 44.7 Å². The van der Waals surface area contributed by atoms with Crippen LogP contribution in [0.3, 0.4) is 0 Å². The van der Waals surface area contributed by atoms with Crippen LogP contribution < -0.4 is 16.8 Å². The zero-order valence-corrected chi connectivity index (χ0v) is 12.9. The van der Waals surface area contributed by atoms with Crippen LogP contribution in [0.5, 0.6) is 0 Å². The third-order valence-electron chi connectivity index (χ3n) is 3.63. The second kappa shape index (κ2) is 7.74. The van der Waals surface area contributed by atoms with Gasteiger partial charge in [-0.05, 0) is 19.8 Å². The molecule has 1 amide bonds. The van der Waals surface area contributed by atoms with E-state index in [4.69, 9.17) is 11.5 Å². The van der Waals surface area contributed by atoms with Crippen molar-refractivity contribution in [2.75, 3.05) is 32.7 Å². The zero-order valence-electron chi connectivity index (χ0n) is 12.9. The number of carbonyl (C=O) groups is 1. The minimum absolute atomic E-state index is 0.0819. The van der Waals surface area contributed by atoms with Gasteiger partial charge in [-0.3, -0.25) is 9.79 Å². The monoisotopic (exact) mass is 308 g/mol. The van der Waals surface area contributed by atoms with Crippen LogP contribution in [0, 0.1) is 0 Å². The van der Waals surface area contributed by atoms with Crippen LogP contribution in [-0.2, 0) is 11.2 Å². The normalized spacial score (nSPS) is 16.3. The number of piperazine rings is 1. The predicted octanol–water partition coefficient (Wildman–Crippen LogP) is -1.52. The highest BCUT2D eigenvalue weighted by Crippen LogP contribution is 2.10. The Kier molecular flexibility index (Phi) is 5.70. The number of hydrogen-bond acceptors (Lipinski definition) is 5. The summed E-state index contributed by atoms with van der Waals surface area (Å²) < 4.78 is 1.63. The molecule has 2 heterocycles. The van der Waals surface area contributed by atoms with Crippen molar-refractivity contribution in [3.8, 4) is 0 Å². The number of nitrogens with zero attached hydrogens (tertiary/aromatic N) is 5. The first kappa shape index (κ1) is 16.2. The van der Waals surface area contributed by atoms with Crippen LogP contribution in [0.4, 0.5) is 0 Å². The second-order valence-electron chi connectivity index (χ2n) is 5.35. The molecule has 0 aliphatic carbocycles. The highest BCUT2D eigenvalue weighted by Gasteiger charge is 2.24. The van der Waals surface area contributed by atoms with Crippen molar-refractivity contribution in [3.05, 3.63) is 11.9 Å². The molecule has 9 heteroatoms. The van der Waals surface area contributed by atoms with E-state index in [-0.39, 0.29) is 17.9 Å². The van der Waals surface area contributed by atoms with Gasteiger partial charge in [0.15, 0.2) is 5.96 Å². The van der Waals surface area contributed by atoms with E-state index < -0.39 is 0 Å². The maximum Gasteiger partial charge on any atom is 0.247 e. The van der Waals surface area contributed by atoms with Gasteiger partial charge in [-0.1, -0.05) is 5.21 Å². The van der Waals surface area contributed by atoms with Crippen LogP contribution in [0.15, 0.2) is 11.2 Å². The van der Waals surface area contributed by atoms with Gasteiger partial charge in [0, 0.05) is 38.9 Å². The Bertz CT molecular complexity index is 516. The van der Waals surface area contributed by atoms with Gasteiger partial charge in [0.1, 0.15) is 6.04 Å². The first-order valence-corrected chi connectivity index (χ1v) is 7.53. The maximum atomic E-state index is 12.4. The molecule has 1 saturated heterocycles. The molecule has 9 nitrogen and oxygen atoms in total. The molecule has 0 aromatic carbocycles. The molecular formula is C13H24N8O. The highest BCUT2D eigenvalue weighted by atomic mass is 16.2. The molecule has 1 atom stereocenters. The largest absolute Gasteiger partial charge is 0.370 e. The van der Waals surface area contributed by atoms with Crippen LogP contribution in [-0.4, -0.2) is 64.5 Å². The van der Waals surface area contributed by atoms with Crippen molar-refractivity contribution in [2.24, 2.45) is 16.5 Å². The summed E-state index contributed by atoms with van der Waals surface area (Å²) in [7, 11) is 0. The average Bonchev–Trinajstić information content (AvgIpc) is 2.99. The minimum Gasteiger partial charge on any atom is -0.370 e. The van der Waals surface area contributed by atoms with Crippen molar-refractivity contribution in [3.63, 3.8) is 0 Å². The Hall–Kier alpha value is -2.16. The van der Waals surface area contributed by atoms with Gasteiger partial charge in [0.05, 0.1) is 5.69 Å².